The molecular formula is C16H14ClF3N4O3S. The van der Waals surface area contributed by atoms with Crippen molar-refractivity contribution in [1.82, 2.24) is 9.71 Å². The van der Waals surface area contributed by atoms with Gasteiger partial charge in [0.2, 0.25) is 10.0 Å². The maximum Gasteiger partial charge on any atom is 0.416 e. The molecule has 1 unspecified atom stereocenters. The molecule has 3 rings (SSSR count). The average Bonchev–Trinajstić information content (AvgIpc) is 3.08. The third-order valence-corrected chi connectivity index (χ3v) is 5.53. The molecule has 1 aromatic heterocycles. The number of rotatable bonds is 5. The van der Waals surface area contributed by atoms with Gasteiger partial charge in [0, 0.05) is 23.9 Å². The van der Waals surface area contributed by atoms with Gasteiger partial charge in [-0.1, -0.05) is 16.8 Å². The molecule has 7 nitrogen and oxygen atoms in total. The highest BCUT2D eigenvalue weighted by Gasteiger charge is 2.30. The van der Waals surface area contributed by atoms with Crippen molar-refractivity contribution in [1.29, 1.82) is 0 Å². The molecule has 1 aliphatic heterocycles. The minimum atomic E-state index is -4.45. The Balaban J connectivity index is 1.95. The van der Waals surface area contributed by atoms with Crippen molar-refractivity contribution < 1.29 is 26.4 Å². The van der Waals surface area contributed by atoms with E-state index in [1.807, 2.05) is 0 Å². The molecule has 0 aliphatic carbocycles. The number of halogens is 4. The molecule has 2 heterocycles. The summed E-state index contributed by atoms with van der Waals surface area (Å²) in [5.41, 5.74) is -0.118. The van der Waals surface area contributed by atoms with Gasteiger partial charge in [0.15, 0.2) is 6.10 Å². The minimum absolute atomic E-state index is 0.102. The number of benzene rings is 1. The summed E-state index contributed by atoms with van der Waals surface area (Å²) < 4.78 is 64.4. The maximum atomic E-state index is 12.7. The molecule has 0 spiro atoms. The third-order valence-electron chi connectivity index (χ3n) is 3.93. The van der Waals surface area contributed by atoms with Crippen LogP contribution in [0.4, 0.5) is 24.7 Å². The Hall–Kier alpha value is -2.37. The second-order valence-corrected chi connectivity index (χ2v) is 8.11. The summed E-state index contributed by atoms with van der Waals surface area (Å²) in [5.74, 6) is 0.210. The third kappa shape index (κ3) is 4.37. The first-order chi connectivity index (χ1) is 13.1. The first-order valence-corrected chi connectivity index (χ1v) is 9.72. The lowest BCUT2D eigenvalue weighted by molar-refractivity contribution is -0.137. The predicted octanol–water partition coefficient (Wildman–Crippen LogP) is 3.77. The lowest BCUT2D eigenvalue weighted by Crippen LogP contribution is -2.19. The van der Waals surface area contributed by atoms with Crippen molar-refractivity contribution in [2.45, 2.75) is 23.6 Å². The topological polar surface area (TPSA) is 92.7 Å². The van der Waals surface area contributed by atoms with E-state index < -0.39 is 27.9 Å². The van der Waals surface area contributed by atoms with Crippen molar-refractivity contribution in [3.63, 3.8) is 0 Å². The lowest BCUT2D eigenvalue weighted by atomic mass is 10.1. The van der Waals surface area contributed by atoms with E-state index in [9.17, 15) is 21.6 Å². The van der Waals surface area contributed by atoms with Gasteiger partial charge in [-0.05, 0) is 37.4 Å². The largest absolute Gasteiger partial charge is 0.416 e. The molecule has 0 saturated heterocycles. The van der Waals surface area contributed by atoms with Crippen molar-refractivity contribution in [3.05, 3.63) is 47.7 Å². The summed E-state index contributed by atoms with van der Waals surface area (Å²) in [4.78, 5) is 9.21. The van der Waals surface area contributed by atoms with Gasteiger partial charge in [-0.2, -0.15) is 13.2 Å². The fraction of sp³-hybridized carbons (Fsp3) is 0.250. The van der Waals surface area contributed by atoms with Gasteiger partial charge in [-0.15, -0.1) is 0 Å². The van der Waals surface area contributed by atoms with Crippen LogP contribution in [0.1, 0.15) is 23.7 Å². The average molecular weight is 435 g/mol. The molecule has 1 atom stereocenters. The molecule has 12 heteroatoms. The number of pyridine rings is 1. The molecule has 28 heavy (non-hydrogen) atoms. The Kier molecular flexibility index (Phi) is 5.50. The zero-order valence-electron chi connectivity index (χ0n) is 14.3. The van der Waals surface area contributed by atoms with Crippen LogP contribution >= 0.6 is 11.6 Å². The highest BCUT2D eigenvalue weighted by atomic mass is 35.5. The second kappa shape index (κ2) is 7.57. The maximum absolute atomic E-state index is 12.7. The van der Waals surface area contributed by atoms with E-state index in [0.717, 1.165) is 18.3 Å². The number of hydrogen-bond acceptors (Lipinski definition) is 6. The van der Waals surface area contributed by atoms with Crippen LogP contribution in [0.3, 0.4) is 0 Å². The molecule has 1 aliphatic rings. The molecule has 0 saturated carbocycles. The summed E-state index contributed by atoms with van der Waals surface area (Å²) in [7, 11) is -2.51. The molecule has 0 radical (unpaired) electrons. The van der Waals surface area contributed by atoms with Crippen molar-refractivity contribution >= 4 is 38.3 Å². The first-order valence-electron chi connectivity index (χ1n) is 7.86. The van der Waals surface area contributed by atoms with Crippen LogP contribution in [0.5, 0.6) is 0 Å². The molecule has 1 aromatic carbocycles. The monoisotopic (exact) mass is 434 g/mol. The van der Waals surface area contributed by atoms with Crippen LogP contribution in [0.25, 0.3) is 0 Å². The van der Waals surface area contributed by atoms with E-state index in [0.29, 0.717) is 11.3 Å². The fourth-order valence-corrected chi connectivity index (χ4v) is 3.36. The Labute approximate surface area is 163 Å². The quantitative estimate of drug-likeness (QED) is 0.747. The first kappa shape index (κ1) is 20.4. The van der Waals surface area contributed by atoms with Crippen molar-refractivity contribution in [3.8, 4) is 0 Å². The molecule has 2 N–H and O–H groups in total. The smallest absolute Gasteiger partial charge is 0.386 e. The van der Waals surface area contributed by atoms with E-state index in [1.54, 1.807) is 0 Å². The van der Waals surface area contributed by atoms with Gasteiger partial charge in [-0.25, -0.2) is 18.1 Å². The van der Waals surface area contributed by atoms with Crippen LogP contribution in [-0.2, 0) is 21.0 Å². The van der Waals surface area contributed by atoms with Gasteiger partial charge in [0.05, 0.1) is 5.56 Å². The number of alkyl halides is 3. The fourth-order valence-electron chi connectivity index (χ4n) is 2.47. The van der Waals surface area contributed by atoms with E-state index in [1.165, 1.54) is 25.2 Å². The van der Waals surface area contributed by atoms with E-state index >= 15 is 0 Å². The summed E-state index contributed by atoms with van der Waals surface area (Å²) in [6, 6.07) is 5.68. The standard InChI is InChI=1S/C16H14ClF3N4O3S/c1-21-28(25,26)11-6-12(13-7-14(17)24-27-13)15(22-8-11)23-10-4-2-9(3-5-10)16(18,19)20/h2-6,8,13,21H,7H2,1H3,(H,22,23). The zero-order chi connectivity index (χ0) is 20.5. The Morgan fingerprint density at radius 1 is 1.25 bits per heavy atom. The number of oxime groups is 1. The van der Waals surface area contributed by atoms with E-state index in [-0.39, 0.29) is 22.3 Å². The Morgan fingerprint density at radius 2 is 1.93 bits per heavy atom. The Bertz CT molecular complexity index is 1010. The molecular weight excluding hydrogens is 421 g/mol. The normalized spacial score (nSPS) is 17.2. The van der Waals surface area contributed by atoms with E-state index in [4.69, 9.17) is 16.4 Å². The second-order valence-electron chi connectivity index (χ2n) is 5.78. The number of nitrogens with one attached hydrogen (secondary N) is 2. The summed E-state index contributed by atoms with van der Waals surface area (Å²) in [6.45, 7) is 0. The molecule has 0 bridgehead atoms. The van der Waals surface area contributed by atoms with Crippen LogP contribution in [0, 0.1) is 0 Å². The lowest BCUT2D eigenvalue weighted by Gasteiger charge is -2.16. The number of hydrogen-bond donors (Lipinski definition) is 2. The predicted molar refractivity (Wildman–Crippen MR) is 96.9 cm³/mol. The highest BCUT2D eigenvalue weighted by Crippen LogP contribution is 2.35. The Morgan fingerprint density at radius 3 is 2.46 bits per heavy atom. The molecule has 2 aromatic rings. The van der Waals surface area contributed by atoms with Crippen LogP contribution in [-0.4, -0.2) is 25.6 Å². The van der Waals surface area contributed by atoms with Gasteiger partial charge in [0.1, 0.15) is 15.9 Å². The van der Waals surface area contributed by atoms with Crippen LogP contribution < -0.4 is 10.0 Å². The van der Waals surface area contributed by atoms with Gasteiger partial charge in [0.25, 0.3) is 0 Å². The van der Waals surface area contributed by atoms with Gasteiger partial charge in [-0.3, -0.25) is 0 Å². The molecule has 0 amide bonds. The summed E-state index contributed by atoms with van der Waals surface area (Å²) in [5, 5.41) is 6.70. The number of aromatic nitrogens is 1. The molecule has 150 valence electrons. The highest BCUT2D eigenvalue weighted by molar-refractivity contribution is 7.89. The van der Waals surface area contributed by atoms with E-state index in [2.05, 4.69) is 20.2 Å². The van der Waals surface area contributed by atoms with Crippen LogP contribution in [0.15, 0.2) is 46.6 Å². The summed E-state index contributed by atoms with van der Waals surface area (Å²) in [6.07, 6.45) is -3.81. The number of nitrogens with zero attached hydrogens (tertiary/aromatic N) is 2. The van der Waals surface area contributed by atoms with Crippen molar-refractivity contribution in [2.24, 2.45) is 5.16 Å². The molecule has 0 fully saturated rings. The van der Waals surface area contributed by atoms with Crippen LogP contribution in [0.2, 0.25) is 0 Å². The number of anilines is 2. The van der Waals surface area contributed by atoms with Crippen molar-refractivity contribution in [2.75, 3.05) is 12.4 Å². The van der Waals surface area contributed by atoms with Gasteiger partial charge < -0.3 is 10.2 Å². The zero-order valence-corrected chi connectivity index (χ0v) is 15.9. The summed E-state index contributed by atoms with van der Waals surface area (Å²) >= 11 is 5.83. The minimum Gasteiger partial charge on any atom is -0.386 e. The SMILES string of the molecule is CNS(=O)(=O)c1cnc(Nc2ccc(C(F)(F)F)cc2)c(C2CC(Cl)=NO2)c1. The number of sulfonamides is 1. The van der Waals surface area contributed by atoms with Gasteiger partial charge >= 0.3 is 6.18 Å².